The Hall–Kier alpha value is -0.460. The molecule has 1 aliphatic rings. The van der Waals surface area contributed by atoms with Gasteiger partial charge in [0.15, 0.2) is 0 Å². The van der Waals surface area contributed by atoms with E-state index in [0.29, 0.717) is 6.61 Å². The standard InChI is InChI=1S/C23H44O5/c1-2-3-4-5-6-7-8-9-10-11-12-13-14-15-16-17-27-21-19-28-23(22(21)26)20(25)18-24/h8-9,20-26H,2-7,10-19H2,1H3/b9-8+/t20-,21+,22-,23-/m0/s1. The van der Waals surface area contributed by atoms with E-state index in [2.05, 4.69) is 19.1 Å². The number of unbranched alkanes of at least 4 members (excludes halogenated alkanes) is 11. The molecule has 28 heavy (non-hydrogen) atoms. The van der Waals surface area contributed by atoms with Crippen LogP contribution in [0.1, 0.15) is 90.4 Å². The molecule has 1 aliphatic heterocycles. The van der Waals surface area contributed by atoms with Crippen molar-refractivity contribution in [3.05, 3.63) is 12.2 Å². The smallest absolute Gasteiger partial charge is 0.114 e. The second-order valence-electron chi connectivity index (χ2n) is 8.03. The Labute approximate surface area is 172 Å². The average molecular weight is 401 g/mol. The zero-order valence-corrected chi connectivity index (χ0v) is 17.9. The molecule has 3 N–H and O–H groups in total. The van der Waals surface area contributed by atoms with Crippen LogP contribution < -0.4 is 0 Å². The number of ether oxygens (including phenoxy) is 2. The largest absolute Gasteiger partial charge is 0.394 e. The van der Waals surface area contributed by atoms with E-state index in [1.807, 2.05) is 0 Å². The Morgan fingerprint density at radius 3 is 2.11 bits per heavy atom. The Bertz CT molecular complexity index is 374. The number of aliphatic hydroxyl groups is 3. The zero-order chi connectivity index (χ0) is 20.5. The summed E-state index contributed by atoms with van der Waals surface area (Å²) in [6, 6.07) is 0. The van der Waals surface area contributed by atoms with Crippen LogP contribution in [0.2, 0.25) is 0 Å². The molecule has 0 bridgehead atoms. The van der Waals surface area contributed by atoms with Gasteiger partial charge in [0.25, 0.3) is 0 Å². The molecular formula is C23H44O5. The minimum atomic E-state index is -1.05. The molecule has 5 nitrogen and oxygen atoms in total. The summed E-state index contributed by atoms with van der Waals surface area (Å²) >= 11 is 0. The normalized spacial score (nSPS) is 23.6. The fourth-order valence-electron chi connectivity index (χ4n) is 3.61. The van der Waals surface area contributed by atoms with E-state index in [1.165, 1.54) is 70.6 Å². The highest BCUT2D eigenvalue weighted by Gasteiger charge is 2.40. The van der Waals surface area contributed by atoms with Gasteiger partial charge in [-0.1, -0.05) is 70.4 Å². The highest BCUT2D eigenvalue weighted by atomic mass is 16.6. The average Bonchev–Trinajstić information content (AvgIpc) is 3.07. The zero-order valence-electron chi connectivity index (χ0n) is 17.9. The SMILES string of the molecule is CCCCCCC/C=C/CCCCCCCCO[C@@H]1CO[C@@H]([C@@H](O)CO)[C@H]1O. The van der Waals surface area contributed by atoms with Gasteiger partial charge in [0, 0.05) is 6.61 Å². The summed E-state index contributed by atoms with van der Waals surface area (Å²) in [5.74, 6) is 0. The maximum absolute atomic E-state index is 10.0. The van der Waals surface area contributed by atoms with Crippen LogP contribution in [0.4, 0.5) is 0 Å². The van der Waals surface area contributed by atoms with E-state index in [-0.39, 0.29) is 6.61 Å². The lowest BCUT2D eigenvalue weighted by Gasteiger charge is -2.20. The van der Waals surface area contributed by atoms with Gasteiger partial charge < -0.3 is 24.8 Å². The Morgan fingerprint density at radius 2 is 1.50 bits per heavy atom. The summed E-state index contributed by atoms with van der Waals surface area (Å²) < 4.78 is 11.0. The number of rotatable bonds is 18. The number of allylic oxidation sites excluding steroid dienone is 2. The molecule has 0 aromatic rings. The summed E-state index contributed by atoms with van der Waals surface area (Å²) in [6.07, 6.45) is 18.1. The summed E-state index contributed by atoms with van der Waals surface area (Å²) in [4.78, 5) is 0. The van der Waals surface area contributed by atoms with E-state index in [9.17, 15) is 10.2 Å². The van der Waals surface area contributed by atoms with Crippen molar-refractivity contribution in [3.8, 4) is 0 Å². The van der Waals surface area contributed by atoms with E-state index in [0.717, 1.165) is 12.8 Å². The molecule has 0 aromatic carbocycles. The van der Waals surface area contributed by atoms with E-state index < -0.39 is 31.0 Å². The first-order chi connectivity index (χ1) is 13.7. The van der Waals surface area contributed by atoms with Crippen molar-refractivity contribution in [2.75, 3.05) is 19.8 Å². The third-order valence-electron chi connectivity index (χ3n) is 5.47. The molecule has 1 saturated heterocycles. The predicted molar refractivity (Wildman–Crippen MR) is 113 cm³/mol. The lowest BCUT2D eigenvalue weighted by atomic mass is 10.1. The minimum absolute atomic E-state index is 0.273. The molecule has 0 amide bonds. The van der Waals surface area contributed by atoms with Gasteiger partial charge in [-0.3, -0.25) is 0 Å². The molecule has 0 aliphatic carbocycles. The van der Waals surface area contributed by atoms with Crippen molar-refractivity contribution in [2.45, 2.75) is 115 Å². The fraction of sp³-hybridized carbons (Fsp3) is 0.913. The minimum Gasteiger partial charge on any atom is -0.394 e. The molecule has 0 spiro atoms. The highest BCUT2D eigenvalue weighted by molar-refractivity contribution is 4.88. The van der Waals surface area contributed by atoms with Gasteiger partial charge in [-0.2, -0.15) is 0 Å². The molecule has 0 radical (unpaired) electrons. The van der Waals surface area contributed by atoms with Crippen molar-refractivity contribution in [1.29, 1.82) is 0 Å². The van der Waals surface area contributed by atoms with Crippen LogP contribution in [0.3, 0.4) is 0 Å². The molecular weight excluding hydrogens is 356 g/mol. The molecule has 0 unspecified atom stereocenters. The number of hydrogen-bond donors (Lipinski definition) is 3. The molecule has 4 atom stereocenters. The van der Waals surface area contributed by atoms with Crippen LogP contribution in [-0.2, 0) is 9.47 Å². The van der Waals surface area contributed by atoms with Gasteiger partial charge in [-0.05, 0) is 32.1 Å². The Morgan fingerprint density at radius 1 is 0.929 bits per heavy atom. The molecule has 166 valence electrons. The lowest BCUT2D eigenvalue weighted by Crippen LogP contribution is -2.41. The second-order valence-corrected chi connectivity index (χ2v) is 8.03. The van der Waals surface area contributed by atoms with E-state index >= 15 is 0 Å². The molecule has 0 saturated carbocycles. The van der Waals surface area contributed by atoms with Gasteiger partial charge >= 0.3 is 0 Å². The third-order valence-corrected chi connectivity index (χ3v) is 5.47. The van der Waals surface area contributed by atoms with E-state index in [4.69, 9.17) is 14.6 Å². The lowest BCUT2D eigenvalue weighted by molar-refractivity contribution is -0.0730. The third kappa shape index (κ3) is 11.5. The molecule has 1 heterocycles. The fourth-order valence-corrected chi connectivity index (χ4v) is 3.61. The maximum atomic E-state index is 10.0. The van der Waals surface area contributed by atoms with Gasteiger partial charge in [0.2, 0.25) is 0 Å². The first kappa shape index (κ1) is 25.6. The number of aliphatic hydroxyl groups excluding tert-OH is 3. The van der Waals surface area contributed by atoms with Gasteiger partial charge in [-0.15, -0.1) is 0 Å². The highest BCUT2D eigenvalue weighted by Crippen LogP contribution is 2.20. The van der Waals surface area contributed by atoms with Gasteiger partial charge in [0.05, 0.1) is 13.2 Å². The number of hydrogen-bond acceptors (Lipinski definition) is 5. The molecule has 1 rings (SSSR count). The van der Waals surface area contributed by atoms with Crippen molar-refractivity contribution in [3.63, 3.8) is 0 Å². The van der Waals surface area contributed by atoms with Crippen molar-refractivity contribution in [2.24, 2.45) is 0 Å². The van der Waals surface area contributed by atoms with E-state index in [1.54, 1.807) is 0 Å². The summed E-state index contributed by atoms with van der Waals surface area (Å²) in [6.45, 7) is 2.72. The van der Waals surface area contributed by atoms with Crippen LogP contribution in [0.15, 0.2) is 12.2 Å². The van der Waals surface area contributed by atoms with Crippen molar-refractivity contribution >= 4 is 0 Å². The molecule has 0 aromatic heterocycles. The first-order valence-electron chi connectivity index (χ1n) is 11.6. The van der Waals surface area contributed by atoms with Gasteiger partial charge in [-0.25, -0.2) is 0 Å². The predicted octanol–water partition coefficient (Wildman–Crippen LogP) is 4.13. The van der Waals surface area contributed by atoms with Crippen molar-refractivity contribution < 1.29 is 24.8 Å². The second kappa shape index (κ2) is 17.4. The summed E-state index contributed by atoms with van der Waals surface area (Å²) in [5, 5.41) is 28.6. The topological polar surface area (TPSA) is 79.2 Å². The maximum Gasteiger partial charge on any atom is 0.114 e. The Balaban J connectivity index is 1.85. The summed E-state index contributed by atoms with van der Waals surface area (Å²) in [7, 11) is 0. The van der Waals surface area contributed by atoms with Crippen LogP contribution in [-0.4, -0.2) is 59.6 Å². The van der Waals surface area contributed by atoms with Crippen LogP contribution in [0.5, 0.6) is 0 Å². The summed E-state index contributed by atoms with van der Waals surface area (Å²) in [5.41, 5.74) is 0. The van der Waals surface area contributed by atoms with Crippen molar-refractivity contribution in [1.82, 2.24) is 0 Å². The Kier molecular flexibility index (Phi) is 15.9. The molecule has 5 heteroatoms. The van der Waals surface area contributed by atoms with Gasteiger partial charge in [0.1, 0.15) is 24.4 Å². The molecule has 1 fully saturated rings. The first-order valence-corrected chi connectivity index (χ1v) is 11.6. The van der Waals surface area contributed by atoms with Crippen LogP contribution in [0, 0.1) is 0 Å². The monoisotopic (exact) mass is 400 g/mol. The quantitative estimate of drug-likeness (QED) is 0.238. The van der Waals surface area contributed by atoms with Crippen LogP contribution in [0.25, 0.3) is 0 Å². The van der Waals surface area contributed by atoms with Crippen LogP contribution >= 0.6 is 0 Å².